The third-order valence-corrected chi connectivity index (χ3v) is 5.77. The molecule has 2 heterocycles. The summed E-state index contributed by atoms with van der Waals surface area (Å²) in [6.45, 7) is 4.69. The topological polar surface area (TPSA) is 75.2 Å². The van der Waals surface area contributed by atoms with Crippen molar-refractivity contribution in [3.63, 3.8) is 0 Å². The van der Waals surface area contributed by atoms with E-state index < -0.39 is 9.84 Å². The molecule has 6 nitrogen and oxygen atoms in total. The minimum absolute atomic E-state index is 0.207. The molecule has 0 radical (unpaired) electrons. The Morgan fingerprint density at radius 1 is 1.32 bits per heavy atom. The van der Waals surface area contributed by atoms with Gasteiger partial charge in [0.05, 0.1) is 17.6 Å². The first-order valence-corrected chi connectivity index (χ1v) is 8.16. The first kappa shape index (κ1) is 12.8. The van der Waals surface area contributed by atoms with Crippen molar-refractivity contribution < 1.29 is 8.42 Å². The maximum absolute atomic E-state index is 12.0. The van der Waals surface area contributed by atoms with Gasteiger partial charge in [-0.05, 0) is 19.8 Å². The monoisotopic (exact) mass is 282 g/mol. The summed E-state index contributed by atoms with van der Waals surface area (Å²) in [5.74, 6) is 0.614. The maximum Gasteiger partial charge on any atom is 0.225 e. The summed E-state index contributed by atoms with van der Waals surface area (Å²) < 4.78 is 24.1. The van der Waals surface area contributed by atoms with Gasteiger partial charge in [-0.15, -0.1) is 0 Å². The third kappa shape index (κ3) is 2.57. The summed E-state index contributed by atoms with van der Waals surface area (Å²) in [4.78, 5) is 10.8. The lowest BCUT2D eigenvalue weighted by Crippen LogP contribution is -2.49. The maximum atomic E-state index is 12.0. The van der Waals surface area contributed by atoms with Crippen LogP contribution in [0.4, 0.5) is 5.95 Å². The first-order chi connectivity index (χ1) is 9.07. The fourth-order valence-electron chi connectivity index (χ4n) is 2.30. The zero-order chi connectivity index (χ0) is 13.5. The molecule has 3 rings (SSSR count). The highest BCUT2D eigenvalue weighted by molar-refractivity contribution is 7.92. The molecule has 2 aliphatic rings. The molecule has 19 heavy (non-hydrogen) atoms. The van der Waals surface area contributed by atoms with Gasteiger partial charge in [0.25, 0.3) is 0 Å². The van der Waals surface area contributed by atoms with Crippen molar-refractivity contribution in [1.29, 1.82) is 0 Å². The van der Waals surface area contributed by atoms with E-state index in [2.05, 4.69) is 27.1 Å². The number of rotatable bonds is 3. The zero-order valence-electron chi connectivity index (χ0n) is 10.9. The van der Waals surface area contributed by atoms with Gasteiger partial charge < -0.3 is 10.2 Å². The lowest BCUT2D eigenvalue weighted by atomic mass is 10.2. The van der Waals surface area contributed by atoms with Crippen LogP contribution in [0.5, 0.6) is 0 Å². The highest BCUT2D eigenvalue weighted by atomic mass is 32.2. The molecular formula is C12H18N4O2S. The molecule has 0 bridgehead atoms. The Morgan fingerprint density at radius 3 is 2.58 bits per heavy atom. The average molecular weight is 282 g/mol. The largest absolute Gasteiger partial charge is 0.338 e. The van der Waals surface area contributed by atoms with Crippen LogP contribution < -0.4 is 10.2 Å². The molecule has 1 aromatic heterocycles. The van der Waals surface area contributed by atoms with E-state index >= 15 is 0 Å². The van der Waals surface area contributed by atoms with Gasteiger partial charge in [0, 0.05) is 25.7 Å². The SMILES string of the molecule is C[C@@H]1CN(c2ncc(S(=O)(=O)C3CC3)cn2)CCN1. The number of hydrogen-bond donors (Lipinski definition) is 1. The fraction of sp³-hybridized carbons (Fsp3) is 0.667. The molecule has 0 amide bonds. The number of piperazine rings is 1. The number of sulfone groups is 1. The van der Waals surface area contributed by atoms with Gasteiger partial charge in [-0.3, -0.25) is 0 Å². The molecule has 0 spiro atoms. The minimum Gasteiger partial charge on any atom is -0.338 e. The van der Waals surface area contributed by atoms with Crippen molar-refractivity contribution >= 4 is 15.8 Å². The van der Waals surface area contributed by atoms with Gasteiger partial charge >= 0.3 is 0 Å². The Labute approximate surface area is 113 Å². The van der Waals surface area contributed by atoms with E-state index in [9.17, 15) is 8.42 Å². The predicted octanol–water partition coefficient (Wildman–Crippen LogP) is 0.211. The quantitative estimate of drug-likeness (QED) is 0.854. The lowest BCUT2D eigenvalue weighted by Gasteiger charge is -2.31. The lowest BCUT2D eigenvalue weighted by molar-refractivity contribution is 0.479. The second kappa shape index (κ2) is 4.72. The molecule has 1 aromatic rings. The number of anilines is 1. The molecule has 0 unspecified atom stereocenters. The van der Waals surface area contributed by atoms with Crippen LogP contribution in [-0.4, -0.2) is 49.3 Å². The Kier molecular flexibility index (Phi) is 3.18. The fourth-order valence-corrected chi connectivity index (χ4v) is 3.85. The van der Waals surface area contributed by atoms with Crippen molar-refractivity contribution in [2.45, 2.75) is 36.0 Å². The normalized spacial score (nSPS) is 24.5. The van der Waals surface area contributed by atoms with E-state index in [0.29, 0.717) is 12.0 Å². The number of aromatic nitrogens is 2. The van der Waals surface area contributed by atoms with Crippen LogP contribution in [-0.2, 0) is 9.84 Å². The van der Waals surface area contributed by atoms with E-state index in [1.165, 1.54) is 12.4 Å². The van der Waals surface area contributed by atoms with Crippen molar-refractivity contribution in [3.05, 3.63) is 12.4 Å². The van der Waals surface area contributed by atoms with Gasteiger partial charge in [-0.25, -0.2) is 18.4 Å². The number of nitrogens with one attached hydrogen (secondary N) is 1. The Balaban J connectivity index is 1.79. The van der Waals surface area contributed by atoms with Crippen LogP contribution in [0.25, 0.3) is 0 Å². The molecule has 104 valence electrons. The van der Waals surface area contributed by atoms with Gasteiger partial charge in [-0.2, -0.15) is 0 Å². The highest BCUT2D eigenvalue weighted by Crippen LogP contribution is 2.33. The molecule has 2 fully saturated rings. The smallest absolute Gasteiger partial charge is 0.225 e. The molecule has 1 aliphatic heterocycles. The van der Waals surface area contributed by atoms with E-state index in [1.807, 2.05) is 0 Å². The number of nitrogens with zero attached hydrogens (tertiary/aromatic N) is 3. The van der Waals surface area contributed by atoms with Crippen LogP contribution in [0.2, 0.25) is 0 Å². The van der Waals surface area contributed by atoms with Crippen molar-refractivity contribution in [1.82, 2.24) is 15.3 Å². The van der Waals surface area contributed by atoms with Crippen molar-refractivity contribution in [2.75, 3.05) is 24.5 Å². The molecule has 1 saturated heterocycles. The molecule has 1 saturated carbocycles. The standard InChI is InChI=1S/C12H18N4O2S/c1-9-8-16(5-4-13-9)12-14-6-11(7-15-12)19(17,18)10-2-3-10/h6-7,9-10,13H,2-5,8H2,1H3/t9-/m1/s1. The van der Waals surface area contributed by atoms with Gasteiger partial charge in [0.1, 0.15) is 4.90 Å². The van der Waals surface area contributed by atoms with Crippen LogP contribution in [0, 0.1) is 0 Å². The van der Waals surface area contributed by atoms with E-state index in [4.69, 9.17) is 0 Å². The summed E-state index contributed by atoms with van der Waals surface area (Å²) in [5, 5.41) is 3.14. The zero-order valence-corrected chi connectivity index (χ0v) is 11.7. The molecule has 1 N–H and O–H groups in total. The van der Waals surface area contributed by atoms with E-state index in [0.717, 1.165) is 32.5 Å². The molecule has 0 aromatic carbocycles. The Hall–Kier alpha value is -1.21. The van der Waals surface area contributed by atoms with Crippen LogP contribution >= 0.6 is 0 Å². The average Bonchev–Trinajstić information content (AvgIpc) is 3.23. The van der Waals surface area contributed by atoms with E-state index in [1.54, 1.807) is 0 Å². The first-order valence-electron chi connectivity index (χ1n) is 6.61. The summed E-state index contributed by atoms with van der Waals surface area (Å²) in [6.07, 6.45) is 4.42. The molecular weight excluding hydrogens is 264 g/mol. The summed E-state index contributed by atoms with van der Waals surface area (Å²) in [7, 11) is -3.18. The Bertz CT molecular complexity index is 554. The highest BCUT2D eigenvalue weighted by Gasteiger charge is 2.37. The summed E-state index contributed by atoms with van der Waals surface area (Å²) in [6, 6.07) is 0.396. The second-order valence-electron chi connectivity index (χ2n) is 5.26. The van der Waals surface area contributed by atoms with Gasteiger partial charge in [0.2, 0.25) is 5.95 Å². The van der Waals surface area contributed by atoms with Crippen LogP contribution in [0.3, 0.4) is 0 Å². The Morgan fingerprint density at radius 2 is 2.00 bits per heavy atom. The van der Waals surface area contributed by atoms with Gasteiger partial charge in [-0.1, -0.05) is 0 Å². The van der Waals surface area contributed by atoms with Crippen LogP contribution in [0.15, 0.2) is 17.3 Å². The molecule has 1 atom stereocenters. The minimum atomic E-state index is -3.18. The summed E-state index contributed by atoms with van der Waals surface area (Å²) in [5.41, 5.74) is 0. The van der Waals surface area contributed by atoms with Crippen molar-refractivity contribution in [2.24, 2.45) is 0 Å². The van der Waals surface area contributed by atoms with E-state index in [-0.39, 0.29) is 10.1 Å². The third-order valence-electron chi connectivity index (χ3n) is 3.56. The van der Waals surface area contributed by atoms with Crippen molar-refractivity contribution in [3.8, 4) is 0 Å². The summed E-state index contributed by atoms with van der Waals surface area (Å²) >= 11 is 0. The second-order valence-corrected chi connectivity index (χ2v) is 7.49. The molecule has 7 heteroatoms. The van der Waals surface area contributed by atoms with Gasteiger partial charge in [0.15, 0.2) is 9.84 Å². The number of hydrogen-bond acceptors (Lipinski definition) is 6. The predicted molar refractivity (Wildman–Crippen MR) is 71.9 cm³/mol. The molecule has 1 aliphatic carbocycles. The van der Waals surface area contributed by atoms with Crippen LogP contribution in [0.1, 0.15) is 19.8 Å².